The van der Waals surface area contributed by atoms with Crippen molar-refractivity contribution in [2.24, 2.45) is 11.8 Å². The minimum atomic E-state index is 0.613. The van der Waals surface area contributed by atoms with Gasteiger partial charge < -0.3 is 15.0 Å². The number of nitrogens with zero attached hydrogens (tertiary/aromatic N) is 2. The molecule has 0 unspecified atom stereocenters. The maximum absolute atomic E-state index is 6.09. The van der Waals surface area contributed by atoms with Crippen LogP contribution in [-0.4, -0.2) is 16.7 Å². The molecule has 1 aliphatic carbocycles. The molecule has 1 aromatic heterocycles. The number of hydrogen-bond donors (Lipinski definition) is 1. The highest BCUT2D eigenvalue weighted by Gasteiger charge is 2.19. The molecule has 1 saturated carbocycles. The molecule has 0 atom stereocenters. The first-order valence-corrected chi connectivity index (χ1v) is 7.97. The number of ether oxygens (including phenoxy) is 1. The molecule has 0 radical (unpaired) electrons. The molecule has 21 heavy (non-hydrogen) atoms. The van der Waals surface area contributed by atoms with E-state index < -0.39 is 0 Å². The van der Waals surface area contributed by atoms with Gasteiger partial charge in [-0.25, -0.2) is 4.98 Å². The van der Waals surface area contributed by atoms with Crippen LogP contribution in [0.1, 0.15) is 39.0 Å². The van der Waals surface area contributed by atoms with Gasteiger partial charge in [-0.3, -0.25) is 0 Å². The summed E-state index contributed by atoms with van der Waals surface area (Å²) in [6.45, 7) is 3.32. The second-order valence-electron chi connectivity index (χ2n) is 6.39. The van der Waals surface area contributed by atoms with Gasteiger partial charge in [0.25, 0.3) is 0 Å². The summed E-state index contributed by atoms with van der Waals surface area (Å²) in [5, 5.41) is 0. The number of aromatic nitrogens is 2. The van der Waals surface area contributed by atoms with Crippen LogP contribution in [0.3, 0.4) is 0 Å². The second kappa shape index (κ2) is 5.96. The monoisotopic (exact) mass is 287 g/mol. The largest absolute Gasteiger partial charge is 0.497 e. The molecule has 1 fully saturated rings. The second-order valence-corrected chi connectivity index (χ2v) is 6.39. The Labute approximate surface area is 126 Å². The number of fused-ring (bicyclic) bond motifs is 1. The summed E-state index contributed by atoms with van der Waals surface area (Å²) in [6, 6.07) is 5.94. The molecule has 0 spiro atoms. The van der Waals surface area contributed by atoms with Crippen LogP contribution in [0, 0.1) is 11.8 Å². The van der Waals surface area contributed by atoms with Gasteiger partial charge in [0.1, 0.15) is 5.75 Å². The van der Waals surface area contributed by atoms with Gasteiger partial charge in [-0.2, -0.15) is 0 Å². The predicted molar refractivity (Wildman–Crippen MR) is 86.4 cm³/mol. The lowest BCUT2D eigenvalue weighted by Gasteiger charge is -2.26. The topological polar surface area (TPSA) is 53.1 Å². The smallest absolute Gasteiger partial charge is 0.201 e. The number of anilines is 1. The van der Waals surface area contributed by atoms with E-state index in [-0.39, 0.29) is 0 Å². The van der Waals surface area contributed by atoms with E-state index in [1.165, 1.54) is 32.1 Å². The molecular formula is C17H25N3O. The molecule has 114 valence electrons. The highest BCUT2D eigenvalue weighted by molar-refractivity contribution is 5.79. The molecule has 0 aliphatic heterocycles. The average molecular weight is 287 g/mol. The zero-order chi connectivity index (χ0) is 14.8. The molecule has 2 aromatic rings. The Kier molecular flexibility index (Phi) is 4.04. The standard InChI is InChI=1S/C17H25N3O/c1-12-3-5-13(6-4-12)9-10-20-16-11-14(21-2)7-8-15(16)19-17(20)18/h7-8,11-13H,3-6,9-10H2,1-2H3,(H2,18,19). The van der Waals surface area contributed by atoms with E-state index in [1.807, 2.05) is 18.2 Å². The van der Waals surface area contributed by atoms with Gasteiger partial charge in [0.15, 0.2) is 0 Å². The summed E-state index contributed by atoms with van der Waals surface area (Å²) >= 11 is 0. The molecule has 1 aromatic carbocycles. The van der Waals surface area contributed by atoms with Gasteiger partial charge in [0.05, 0.1) is 18.1 Å². The lowest BCUT2D eigenvalue weighted by Crippen LogP contribution is -2.15. The highest BCUT2D eigenvalue weighted by Crippen LogP contribution is 2.31. The maximum Gasteiger partial charge on any atom is 0.201 e. The molecule has 0 saturated heterocycles. The Morgan fingerprint density at radius 3 is 2.76 bits per heavy atom. The van der Waals surface area contributed by atoms with Crippen LogP contribution in [0.2, 0.25) is 0 Å². The molecule has 2 N–H and O–H groups in total. The summed E-state index contributed by atoms with van der Waals surface area (Å²) in [7, 11) is 1.69. The van der Waals surface area contributed by atoms with Gasteiger partial charge in [-0.05, 0) is 30.4 Å². The number of nitrogens with two attached hydrogens (primary N) is 1. The number of methoxy groups -OCH3 is 1. The van der Waals surface area contributed by atoms with Crippen molar-refractivity contribution in [1.29, 1.82) is 0 Å². The number of rotatable bonds is 4. The lowest BCUT2D eigenvalue weighted by molar-refractivity contribution is 0.270. The average Bonchev–Trinajstić information content (AvgIpc) is 2.81. The highest BCUT2D eigenvalue weighted by atomic mass is 16.5. The third-order valence-electron chi connectivity index (χ3n) is 4.88. The molecule has 1 aliphatic rings. The van der Waals surface area contributed by atoms with E-state index in [2.05, 4.69) is 16.5 Å². The zero-order valence-electron chi connectivity index (χ0n) is 13.0. The fraction of sp³-hybridized carbons (Fsp3) is 0.588. The van der Waals surface area contributed by atoms with E-state index in [1.54, 1.807) is 7.11 Å². The third kappa shape index (κ3) is 2.99. The normalized spacial score (nSPS) is 22.6. The number of nitrogen functional groups attached to an aromatic ring is 1. The molecule has 0 amide bonds. The van der Waals surface area contributed by atoms with Gasteiger partial charge in [-0.15, -0.1) is 0 Å². The van der Waals surface area contributed by atoms with Crippen LogP contribution in [0.25, 0.3) is 11.0 Å². The van der Waals surface area contributed by atoms with Gasteiger partial charge in [-0.1, -0.05) is 32.6 Å². The third-order valence-corrected chi connectivity index (χ3v) is 4.88. The van der Waals surface area contributed by atoms with E-state index in [4.69, 9.17) is 10.5 Å². The Balaban J connectivity index is 1.75. The molecule has 4 nitrogen and oxygen atoms in total. The minimum Gasteiger partial charge on any atom is -0.497 e. The van der Waals surface area contributed by atoms with Crippen LogP contribution in [-0.2, 0) is 6.54 Å². The summed E-state index contributed by atoms with van der Waals surface area (Å²) < 4.78 is 7.45. The first kappa shape index (κ1) is 14.2. The summed E-state index contributed by atoms with van der Waals surface area (Å²) in [6.07, 6.45) is 6.66. The van der Waals surface area contributed by atoms with Crippen molar-refractivity contribution < 1.29 is 4.74 Å². The van der Waals surface area contributed by atoms with Gasteiger partial charge in [0.2, 0.25) is 5.95 Å². The quantitative estimate of drug-likeness (QED) is 0.929. The molecule has 1 heterocycles. The van der Waals surface area contributed by atoms with Crippen LogP contribution in [0.15, 0.2) is 18.2 Å². The maximum atomic E-state index is 6.09. The predicted octanol–water partition coefficient (Wildman–Crippen LogP) is 3.84. The van der Waals surface area contributed by atoms with Gasteiger partial charge in [0, 0.05) is 12.6 Å². The summed E-state index contributed by atoms with van der Waals surface area (Å²) in [5.74, 6) is 3.21. The van der Waals surface area contributed by atoms with Crippen molar-refractivity contribution in [3.63, 3.8) is 0 Å². The number of hydrogen-bond acceptors (Lipinski definition) is 3. The van der Waals surface area contributed by atoms with Crippen molar-refractivity contribution in [3.05, 3.63) is 18.2 Å². The first-order valence-electron chi connectivity index (χ1n) is 7.97. The lowest BCUT2D eigenvalue weighted by atomic mass is 9.81. The van der Waals surface area contributed by atoms with Gasteiger partial charge >= 0.3 is 0 Å². The molecule has 4 heteroatoms. The Bertz CT molecular complexity index is 612. The Hall–Kier alpha value is -1.71. The number of aryl methyl sites for hydroxylation is 1. The Morgan fingerprint density at radius 2 is 2.05 bits per heavy atom. The first-order chi connectivity index (χ1) is 10.2. The number of benzene rings is 1. The summed E-state index contributed by atoms with van der Waals surface area (Å²) in [5.41, 5.74) is 8.12. The fourth-order valence-corrected chi connectivity index (χ4v) is 3.41. The Morgan fingerprint density at radius 1 is 1.29 bits per heavy atom. The SMILES string of the molecule is COc1ccc2nc(N)n(CCC3CCC(C)CC3)c2c1. The minimum absolute atomic E-state index is 0.613. The van der Waals surface area contributed by atoms with Crippen LogP contribution >= 0.6 is 0 Å². The van der Waals surface area contributed by atoms with Crippen molar-refractivity contribution in [1.82, 2.24) is 9.55 Å². The van der Waals surface area contributed by atoms with E-state index in [9.17, 15) is 0 Å². The summed E-state index contributed by atoms with van der Waals surface area (Å²) in [4.78, 5) is 4.45. The van der Waals surface area contributed by atoms with E-state index >= 15 is 0 Å². The van der Waals surface area contributed by atoms with Crippen LogP contribution in [0.4, 0.5) is 5.95 Å². The van der Waals surface area contributed by atoms with Crippen molar-refractivity contribution >= 4 is 17.0 Å². The van der Waals surface area contributed by atoms with Crippen LogP contribution < -0.4 is 10.5 Å². The fourth-order valence-electron chi connectivity index (χ4n) is 3.41. The molecule has 0 bridgehead atoms. The van der Waals surface area contributed by atoms with E-state index in [0.717, 1.165) is 35.2 Å². The molecular weight excluding hydrogens is 262 g/mol. The van der Waals surface area contributed by atoms with Crippen molar-refractivity contribution in [2.45, 2.75) is 45.6 Å². The van der Waals surface area contributed by atoms with Crippen LogP contribution in [0.5, 0.6) is 5.75 Å². The number of imidazole rings is 1. The van der Waals surface area contributed by atoms with E-state index in [0.29, 0.717) is 5.95 Å². The van der Waals surface area contributed by atoms with Crippen molar-refractivity contribution in [2.75, 3.05) is 12.8 Å². The zero-order valence-corrected chi connectivity index (χ0v) is 13.0. The van der Waals surface area contributed by atoms with Crippen molar-refractivity contribution in [3.8, 4) is 5.75 Å². The molecule has 3 rings (SSSR count).